The molecule has 0 radical (unpaired) electrons. The number of methoxy groups -OCH3 is 1. The van der Waals surface area contributed by atoms with Gasteiger partial charge in [0.25, 0.3) is 0 Å². The van der Waals surface area contributed by atoms with Gasteiger partial charge in [0, 0.05) is 11.5 Å². The lowest BCUT2D eigenvalue weighted by molar-refractivity contribution is 0.373. The third kappa shape index (κ3) is 2.51. The largest absolute Gasteiger partial charge is 0.504 e. The van der Waals surface area contributed by atoms with Crippen LogP contribution in [0, 0.1) is 5.41 Å². The van der Waals surface area contributed by atoms with Crippen LogP contribution in [-0.2, 0) is 0 Å². The molecule has 1 aromatic heterocycles. The van der Waals surface area contributed by atoms with E-state index >= 15 is 0 Å². The number of aromatic nitrogens is 2. The molecule has 2 aromatic rings. The Morgan fingerprint density at radius 1 is 1.59 bits per heavy atom. The van der Waals surface area contributed by atoms with Crippen LogP contribution in [0.1, 0.15) is 5.56 Å². The second kappa shape index (κ2) is 4.79. The fourth-order valence-corrected chi connectivity index (χ4v) is 1.61. The SMILES string of the molecule is COc1cc(/C=N/n2cnsc2=N)ccc1O. The van der Waals surface area contributed by atoms with Gasteiger partial charge in [-0.2, -0.15) is 14.2 Å². The summed E-state index contributed by atoms with van der Waals surface area (Å²) in [6.07, 6.45) is 3.02. The van der Waals surface area contributed by atoms with Gasteiger partial charge in [-0.25, -0.2) is 0 Å². The molecule has 1 aromatic carbocycles. The van der Waals surface area contributed by atoms with Crippen molar-refractivity contribution in [3.05, 3.63) is 34.9 Å². The number of hydrogen-bond acceptors (Lipinski definition) is 6. The van der Waals surface area contributed by atoms with Crippen molar-refractivity contribution in [1.82, 2.24) is 9.05 Å². The van der Waals surface area contributed by atoms with Gasteiger partial charge in [0.1, 0.15) is 6.33 Å². The maximum atomic E-state index is 9.42. The fraction of sp³-hybridized carbons (Fsp3) is 0.100. The van der Waals surface area contributed by atoms with E-state index < -0.39 is 0 Å². The molecule has 0 atom stereocenters. The molecule has 0 saturated heterocycles. The minimum Gasteiger partial charge on any atom is -0.504 e. The molecular formula is C10H10N4O2S. The van der Waals surface area contributed by atoms with Gasteiger partial charge in [0.2, 0.25) is 4.80 Å². The van der Waals surface area contributed by atoms with Crippen LogP contribution in [0.25, 0.3) is 0 Å². The molecular weight excluding hydrogens is 240 g/mol. The van der Waals surface area contributed by atoms with Crippen molar-refractivity contribution in [1.29, 1.82) is 5.41 Å². The van der Waals surface area contributed by atoms with E-state index in [4.69, 9.17) is 10.1 Å². The lowest BCUT2D eigenvalue weighted by Crippen LogP contribution is -2.06. The predicted molar refractivity (Wildman–Crippen MR) is 63.6 cm³/mol. The Bertz CT molecular complexity index is 602. The molecule has 0 saturated carbocycles. The number of rotatable bonds is 3. The van der Waals surface area contributed by atoms with Crippen LogP contribution in [0.2, 0.25) is 0 Å². The Morgan fingerprint density at radius 2 is 2.41 bits per heavy atom. The van der Waals surface area contributed by atoms with Gasteiger partial charge in [-0.1, -0.05) is 0 Å². The van der Waals surface area contributed by atoms with E-state index in [1.165, 1.54) is 24.2 Å². The summed E-state index contributed by atoms with van der Waals surface area (Å²) in [4.78, 5) is 0.243. The summed E-state index contributed by atoms with van der Waals surface area (Å²) in [6.45, 7) is 0. The summed E-state index contributed by atoms with van der Waals surface area (Å²) < 4.78 is 10.2. The Morgan fingerprint density at radius 3 is 3.06 bits per heavy atom. The monoisotopic (exact) mass is 250 g/mol. The van der Waals surface area contributed by atoms with Crippen LogP contribution < -0.4 is 9.54 Å². The Labute approximate surface area is 101 Å². The van der Waals surface area contributed by atoms with Crippen molar-refractivity contribution in [3.63, 3.8) is 0 Å². The van der Waals surface area contributed by atoms with Crippen molar-refractivity contribution in [3.8, 4) is 11.5 Å². The number of nitrogens with zero attached hydrogens (tertiary/aromatic N) is 3. The smallest absolute Gasteiger partial charge is 0.222 e. The molecule has 0 aliphatic carbocycles. The third-order valence-corrected chi connectivity index (χ3v) is 2.60. The van der Waals surface area contributed by atoms with E-state index in [1.54, 1.807) is 18.3 Å². The van der Waals surface area contributed by atoms with Gasteiger partial charge in [-0.05, 0) is 23.8 Å². The van der Waals surface area contributed by atoms with Gasteiger partial charge < -0.3 is 9.84 Å². The van der Waals surface area contributed by atoms with E-state index in [1.807, 2.05) is 0 Å². The van der Waals surface area contributed by atoms with Gasteiger partial charge in [-0.15, -0.1) is 0 Å². The Hall–Kier alpha value is -2.15. The molecule has 2 N–H and O–H groups in total. The molecule has 88 valence electrons. The summed E-state index contributed by atoms with van der Waals surface area (Å²) in [5.74, 6) is 0.462. The molecule has 6 nitrogen and oxygen atoms in total. The average Bonchev–Trinajstić information content (AvgIpc) is 2.74. The summed E-state index contributed by atoms with van der Waals surface area (Å²) in [5, 5.41) is 20.9. The number of nitrogens with one attached hydrogen (secondary N) is 1. The van der Waals surface area contributed by atoms with Crippen molar-refractivity contribution < 1.29 is 9.84 Å². The van der Waals surface area contributed by atoms with E-state index in [0.717, 1.165) is 17.1 Å². The number of hydrogen-bond donors (Lipinski definition) is 2. The third-order valence-electron chi connectivity index (χ3n) is 2.04. The van der Waals surface area contributed by atoms with Gasteiger partial charge >= 0.3 is 0 Å². The molecule has 0 fully saturated rings. The number of benzene rings is 1. The summed E-state index contributed by atoms with van der Waals surface area (Å²) in [7, 11) is 1.48. The van der Waals surface area contributed by atoms with Crippen LogP contribution in [-0.4, -0.2) is 27.5 Å². The first-order valence-electron chi connectivity index (χ1n) is 4.70. The molecule has 7 heteroatoms. The predicted octanol–water partition coefficient (Wildman–Crippen LogP) is 1.02. The quantitative estimate of drug-likeness (QED) is 0.798. The molecule has 1 heterocycles. The van der Waals surface area contributed by atoms with Crippen LogP contribution in [0.15, 0.2) is 29.6 Å². The zero-order valence-corrected chi connectivity index (χ0v) is 9.81. The molecule has 0 bridgehead atoms. The van der Waals surface area contributed by atoms with Crippen molar-refractivity contribution in [2.75, 3.05) is 7.11 Å². The first-order chi connectivity index (χ1) is 8.20. The number of phenols is 1. The second-order valence-electron chi connectivity index (χ2n) is 3.14. The minimum absolute atomic E-state index is 0.0793. The number of ether oxygens (including phenoxy) is 1. The maximum absolute atomic E-state index is 9.42. The highest BCUT2D eigenvalue weighted by atomic mass is 32.1. The van der Waals surface area contributed by atoms with Gasteiger partial charge in [0.05, 0.1) is 13.3 Å². The van der Waals surface area contributed by atoms with Gasteiger partial charge in [-0.3, -0.25) is 5.41 Å². The van der Waals surface area contributed by atoms with E-state index in [0.29, 0.717) is 5.75 Å². The Balaban J connectivity index is 2.28. The summed E-state index contributed by atoms with van der Waals surface area (Å²) >= 11 is 1.05. The lowest BCUT2D eigenvalue weighted by atomic mass is 10.2. The normalized spacial score (nSPS) is 10.9. The average molecular weight is 250 g/mol. The summed E-state index contributed by atoms with van der Waals surface area (Å²) in [6, 6.07) is 4.88. The topological polar surface area (TPSA) is 83.5 Å². The molecule has 2 rings (SSSR count). The molecule has 0 aliphatic heterocycles. The highest BCUT2D eigenvalue weighted by molar-refractivity contribution is 7.02. The van der Waals surface area contributed by atoms with Crippen LogP contribution in [0.4, 0.5) is 0 Å². The molecule has 0 amide bonds. The van der Waals surface area contributed by atoms with Crippen LogP contribution in [0.5, 0.6) is 11.5 Å². The zero-order valence-electron chi connectivity index (χ0n) is 8.99. The second-order valence-corrected chi connectivity index (χ2v) is 3.92. The molecule has 0 spiro atoms. The fourth-order valence-electron chi connectivity index (χ4n) is 1.20. The van der Waals surface area contributed by atoms with Crippen molar-refractivity contribution >= 4 is 17.7 Å². The maximum Gasteiger partial charge on any atom is 0.222 e. The molecule has 0 aliphatic rings. The number of phenolic OH excluding ortho intramolecular Hbond substituents is 1. The van der Waals surface area contributed by atoms with Gasteiger partial charge in [0.15, 0.2) is 11.5 Å². The Kier molecular flexibility index (Phi) is 3.20. The van der Waals surface area contributed by atoms with E-state index in [-0.39, 0.29) is 10.6 Å². The van der Waals surface area contributed by atoms with Crippen LogP contribution in [0.3, 0.4) is 0 Å². The molecule has 17 heavy (non-hydrogen) atoms. The highest BCUT2D eigenvalue weighted by Crippen LogP contribution is 2.25. The minimum atomic E-state index is 0.0793. The zero-order chi connectivity index (χ0) is 12.3. The van der Waals surface area contributed by atoms with E-state index in [9.17, 15) is 5.11 Å². The first kappa shape index (κ1) is 11.3. The standard InChI is InChI=1S/C10H10N4O2S/c1-16-9-4-7(2-3-8(9)15)5-12-14-6-13-17-10(14)11/h2-6,11,15H,1H3/b11-10?,12-5+. The van der Waals surface area contributed by atoms with Crippen molar-refractivity contribution in [2.24, 2.45) is 5.10 Å². The summed E-state index contributed by atoms with van der Waals surface area (Å²) in [5.41, 5.74) is 0.762. The lowest BCUT2D eigenvalue weighted by Gasteiger charge is -2.03. The number of aromatic hydroxyl groups is 1. The van der Waals surface area contributed by atoms with Crippen molar-refractivity contribution in [2.45, 2.75) is 0 Å². The van der Waals surface area contributed by atoms with Crippen LogP contribution >= 0.6 is 11.5 Å². The van der Waals surface area contributed by atoms with E-state index in [2.05, 4.69) is 9.47 Å². The highest BCUT2D eigenvalue weighted by Gasteiger charge is 2.00. The molecule has 0 unspecified atom stereocenters. The first-order valence-corrected chi connectivity index (χ1v) is 5.47.